The van der Waals surface area contributed by atoms with Crippen molar-refractivity contribution in [3.63, 3.8) is 0 Å². The van der Waals surface area contributed by atoms with Crippen molar-refractivity contribution >= 4 is 15.7 Å². The summed E-state index contributed by atoms with van der Waals surface area (Å²) < 4.78 is 27.6. The molecule has 1 amide bonds. The number of amides is 1. The van der Waals surface area contributed by atoms with E-state index in [0.717, 1.165) is 19.3 Å². The van der Waals surface area contributed by atoms with Crippen molar-refractivity contribution in [2.75, 3.05) is 13.1 Å². The highest BCUT2D eigenvalue weighted by atomic mass is 32.2. The Bertz CT molecular complexity index is 811. The van der Waals surface area contributed by atoms with Crippen LogP contribution < -0.4 is 0 Å². The zero-order chi connectivity index (χ0) is 17.2. The molecule has 0 saturated carbocycles. The minimum absolute atomic E-state index is 0.193. The fourth-order valence-corrected chi connectivity index (χ4v) is 4.75. The Hall–Kier alpha value is -2.22. The van der Waals surface area contributed by atoms with Gasteiger partial charge in [0.25, 0.3) is 0 Å². The third-order valence-electron chi connectivity index (χ3n) is 4.23. The first-order valence-corrected chi connectivity index (χ1v) is 9.48. The zero-order valence-electron chi connectivity index (χ0n) is 13.5. The van der Waals surface area contributed by atoms with Crippen LogP contribution in [0.1, 0.15) is 30.1 Å². The Labute approximate surface area is 141 Å². The van der Waals surface area contributed by atoms with E-state index in [-0.39, 0.29) is 11.1 Å². The molecule has 1 aromatic carbocycles. The van der Waals surface area contributed by atoms with Crippen LogP contribution in [0.4, 0.5) is 0 Å². The fraction of sp³-hybridized carbons (Fsp3) is 0.438. The van der Waals surface area contributed by atoms with Crippen molar-refractivity contribution in [1.29, 1.82) is 0 Å². The van der Waals surface area contributed by atoms with Crippen molar-refractivity contribution in [3.8, 4) is 0 Å². The van der Waals surface area contributed by atoms with Crippen LogP contribution in [0, 0.1) is 0 Å². The van der Waals surface area contributed by atoms with Crippen LogP contribution in [0.3, 0.4) is 0 Å². The van der Waals surface area contributed by atoms with E-state index in [1.54, 1.807) is 42.3 Å². The van der Waals surface area contributed by atoms with Crippen LogP contribution in [0.15, 0.2) is 41.8 Å². The Morgan fingerprint density at radius 3 is 2.38 bits per heavy atom. The summed E-state index contributed by atoms with van der Waals surface area (Å²) in [4.78, 5) is 14.7. The average molecular weight is 348 g/mol. The van der Waals surface area contributed by atoms with Gasteiger partial charge < -0.3 is 9.47 Å². The predicted octanol–water partition coefficient (Wildman–Crippen LogP) is 1.34. The van der Waals surface area contributed by atoms with Crippen LogP contribution in [0.5, 0.6) is 0 Å². The molecule has 0 aliphatic carbocycles. The van der Waals surface area contributed by atoms with E-state index < -0.39 is 15.1 Å². The molecule has 0 radical (unpaired) electrons. The van der Waals surface area contributed by atoms with Crippen molar-refractivity contribution in [2.45, 2.75) is 29.7 Å². The van der Waals surface area contributed by atoms with Gasteiger partial charge in [0.2, 0.25) is 20.9 Å². The molecule has 1 saturated heterocycles. The van der Waals surface area contributed by atoms with Gasteiger partial charge in [-0.05, 0) is 24.8 Å². The molecule has 128 valence electrons. The molecule has 1 aromatic heterocycles. The quantitative estimate of drug-likeness (QED) is 0.832. The monoisotopic (exact) mass is 348 g/mol. The number of nitrogens with zero attached hydrogens (tertiary/aromatic N) is 4. The van der Waals surface area contributed by atoms with Crippen molar-refractivity contribution in [3.05, 3.63) is 42.2 Å². The zero-order valence-corrected chi connectivity index (χ0v) is 14.3. The van der Waals surface area contributed by atoms with Gasteiger partial charge in [0.05, 0.1) is 0 Å². The maximum absolute atomic E-state index is 13.1. The highest BCUT2D eigenvalue weighted by molar-refractivity contribution is 7.92. The number of aryl methyl sites for hydroxylation is 1. The molecule has 7 nitrogen and oxygen atoms in total. The highest BCUT2D eigenvalue weighted by Gasteiger charge is 2.40. The van der Waals surface area contributed by atoms with Crippen LogP contribution in [0.25, 0.3) is 0 Å². The van der Waals surface area contributed by atoms with Crippen molar-refractivity contribution < 1.29 is 13.2 Å². The minimum atomic E-state index is -3.99. The number of piperidine rings is 1. The smallest absolute Gasteiger partial charge is 0.250 e. The van der Waals surface area contributed by atoms with E-state index in [1.165, 1.54) is 10.9 Å². The maximum Gasteiger partial charge on any atom is 0.250 e. The number of sulfone groups is 1. The standard InChI is InChI=1S/C16H20N4O3S/c1-19-12-17-18-16(19)24(22,23)14(13-8-4-2-5-9-13)15(21)20-10-6-3-7-11-20/h2,4-5,8-9,12,14H,3,6-7,10-11H2,1H3/t14-/m0/s1. The van der Waals surface area contributed by atoms with E-state index in [4.69, 9.17) is 0 Å². The molecule has 0 unspecified atom stereocenters. The number of benzene rings is 1. The molecular formula is C16H20N4O3S. The summed E-state index contributed by atoms with van der Waals surface area (Å²) in [5.74, 6) is -0.385. The lowest BCUT2D eigenvalue weighted by Gasteiger charge is -2.30. The summed E-state index contributed by atoms with van der Waals surface area (Å²) >= 11 is 0. The maximum atomic E-state index is 13.1. The normalized spacial score (nSPS) is 16.8. The SMILES string of the molecule is Cn1cnnc1S(=O)(=O)[C@H](C(=O)N1CCCCC1)c1ccccc1. The first-order valence-electron chi connectivity index (χ1n) is 7.93. The van der Waals surface area contributed by atoms with E-state index in [0.29, 0.717) is 18.7 Å². The highest BCUT2D eigenvalue weighted by Crippen LogP contribution is 2.30. The van der Waals surface area contributed by atoms with Gasteiger partial charge in [0.1, 0.15) is 6.33 Å². The third kappa shape index (κ3) is 3.06. The van der Waals surface area contributed by atoms with Crippen LogP contribution in [-0.2, 0) is 21.7 Å². The molecule has 0 N–H and O–H groups in total. The molecular weight excluding hydrogens is 328 g/mol. The van der Waals surface area contributed by atoms with Crippen molar-refractivity contribution in [2.24, 2.45) is 7.05 Å². The molecule has 2 aromatic rings. The first kappa shape index (κ1) is 16.6. The lowest BCUT2D eigenvalue weighted by atomic mass is 10.1. The van der Waals surface area contributed by atoms with Gasteiger partial charge in [0.15, 0.2) is 5.25 Å². The number of aromatic nitrogens is 3. The summed E-state index contributed by atoms with van der Waals surface area (Å²) in [6, 6.07) is 8.59. The summed E-state index contributed by atoms with van der Waals surface area (Å²) in [6.45, 7) is 1.19. The number of carbonyl (C=O) groups is 1. The third-order valence-corrected chi connectivity index (χ3v) is 6.20. The van der Waals surface area contributed by atoms with Crippen LogP contribution >= 0.6 is 0 Å². The summed E-state index contributed by atoms with van der Waals surface area (Å²) in [5.41, 5.74) is 0.455. The number of carbonyl (C=O) groups excluding carboxylic acids is 1. The predicted molar refractivity (Wildman–Crippen MR) is 87.8 cm³/mol. The van der Waals surface area contributed by atoms with E-state index in [2.05, 4.69) is 10.2 Å². The number of likely N-dealkylation sites (tertiary alicyclic amines) is 1. The molecule has 0 bridgehead atoms. The largest absolute Gasteiger partial charge is 0.341 e. The van der Waals surface area contributed by atoms with Crippen molar-refractivity contribution in [1.82, 2.24) is 19.7 Å². The van der Waals surface area contributed by atoms with Gasteiger partial charge >= 0.3 is 0 Å². The number of hydrogen-bond acceptors (Lipinski definition) is 5. The van der Waals surface area contributed by atoms with Gasteiger partial charge in [-0.25, -0.2) is 8.42 Å². The molecule has 1 aliphatic rings. The van der Waals surface area contributed by atoms with Crippen LogP contribution in [-0.4, -0.2) is 47.1 Å². The average Bonchev–Trinajstić information content (AvgIpc) is 3.03. The fourth-order valence-electron chi connectivity index (χ4n) is 3.00. The molecule has 24 heavy (non-hydrogen) atoms. The molecule has 0 spiro atoms. The number of rotatable bonds is 4. The summed E-state index contributed by atoms with van der Waals surface area (Å²) in [7, 11) is -2.44. The molecule has 1 aliphatic heterocycles. The van der Waals surface area contributed by atoms with Gasteiger partial charge in [-0.1, -0.05) is 30.3 Å². The second kappa shape index (κ2) is 6.72. The second-order valence-electron chi connectivity index (χ2n) is 5.95. The van der Waals surface area contributed by atoms with E-state index in [9.17, 15) is 13.2 Å². The van der Waals surface area contributed by atoms with Crippen LogP contribution in [0.2, 0.25) is 0 Å². The Morgan fingerprint density at radius 1 is 1.12 bits per heavy atom. The Morgan fingerprint density at radius 2 is 1.79 bits per heavy atom. The second-order valence-corrected chi connectivity index (χ2v) is 7.87. The van der Waals surface area contributed by atoms with Gasteiger partial charge in [-0.15, -0.1) is 10.2 Å². The van der Waals surface area contributed by atoms with E-state index >= 15 is 0 Å². The summed E-state index contributed by atoms with van der Waals surface area (Å²) in [5, 5.41) is 5.88. The molecule has 1 fully saturated rings. The Balaban J connectivity index is 2.06. The molecule has 1 atom stereocenters. The topological polar surface area (TPSA) is 85.2 Å². The van der Waals surface area contributed by atoms with E-state index in [1.807, 2.05) is 0 Å². The van der Waals surface area contributed by atoms with Gasteiger partial charge in [0, 0.05) is 20.1 Å². The molecule has 8 heteroatoms. The van der Waals surface area contributed by atoms with Gasteiger partial charge in [-0.2, -0.15) is 0 Å². The minimum Gasteiger partial charge on any atom is -0.341 e. The van der Waals surface area contributed by atoms with Gasteiger partial charge in [-0.3, -0.25) is 4.79 Å². The lowest BCUT2D eigenvalue weighted by molar-refractivity contribution is -0.131. The Kier molecular flexibility index (Phi) is 4.66. The number of hydrogen-bond donors (Lipinski definition) is 0. The lowest BCUT2D eigenvalue weighted by Crippen LogP contribution is -2.41. The molecule has 3 rings (SSSR count). The summed E-state index contributed by atoms with van der Waals surface area (Å²) in [6.07, 6.45) is 4.19. The first-order chi connectivity index (χ1) is 11.5. The molecule has 2 heterocycles.